The van der Waals surface area contributed by atoms with E-state index < -0.39 is 35.4 Å². The van der Waals surface area contributed by atoms with E-state index in [1.807, 2.05) is 85.3 Å². The summed E-state index contributed by atoms with van der Waals surface area (Å²) >= 11 is 0. The van der Waals surface area contributed by atoms with E-state index in [9.17, 15) is 29.0 Å². The number of nitrogens with two attached hydrogens (primary N) is 3. The minimum absolute atomic E-state index is 0.00562. The van der Waals surface area contributed by atoms with Crippen molar-refractivity contribution in [2.45, 2.75) is 73.8 Å². The topological polar surface area (TPSA) is 406 Å². The number of aromatic amines is 1. The summed E-state index contributed by atoms with van der Waals surface area (Å²) in [5, 5.41) is 83.8. The number of nitrogens with one attached hydrogen (secondary N) is 1. The number of aryl methyl sites for hydroxylation is 3. The third-order valence-corrected chi connectivity index (χ3v) is 18.5. The molecule has 98 heavy (non-hydrogen) atoms. The standard InChI is InChI=1S/C22H21N11.C21H21F3N10.C20H19N11/c1-31-11-15(10-27-31)18-13-32-19(3-7-26-32)20(28-18)16-12-33(30-21(16)24)22(4-5-23)8-14(9-22)17-2-6-25-29-17;1-13-20(4-5-25,11-32(13)12-21(22,23)24)34-9-15(19(26)30-34)18-17-3-6-27-33(17)10-16(29-18)14-7-28-31(2)8-14;1-28-9-14(8-25-28)16-11-30-17(2-6-24-30)18(26-16)15-10-31(27-19(15)23)20(3-4-21)12-29(13-20)7-5-22/h2-3,6-7,10-14H,4,8-9H2,1H3,(H2,24,30)(H,25,29);3,6-10,13H,4,11-12H2,1-2H3,(H2,26,30);2,6,8-11H,3,7,12-13H2,1H3,(H2,23,27)/t;13-,20+;/m.1./s1. The van der Waals surface area contributed by atoms with Crippen molar-refractivity contribution in [1.29, 1.82) is 21.0 Å². The maximum Gasteiger partial charge on any atom is 0.401 e. The number of halogens is 3. The van der Waals surface area contributed by atoms with Crippen molar-refractivity contribution in [3.8, 4) is 91.8 Å². The Morgan fingerprint density at radius 1 is 0.531 bits per heavy atom. The number of nitrogens with zero attached hydrogens (tertiary/aromatic N) is 28. The Labute approximate surface area is 554 Å². The summed E-state index contributed by atoms with van der Waals surface area (Å²) in [6.07, 6.45) is 26.4. The highest BCUT2D eigenvalue weighted by molar-refractivity contribution is 5.86. The first kappa shape index (κ1) is 62.8. The van der Waals surface area contributed by atoms with Crippen molar-refractivity contribution in [3.05, 3.63) is 129 Å². The highest BCUT2D eigenvalue weighted by Crippen LogP contribution is 2.52. The minimum atomic E-state index is -4.33. The van der Waals surface area contributed by atoms with Crippen LogP contribution in [0.15, 0.2) is 123 Å². The van der Waals surface area contributed by atoms with Gasteiger partial charge in [-0.05, 0) is 44.0 Å². The van der Waals surface area contributed by atoms with Gasteiger partial charge < -0.3 is 17.2 Å². The third kappa shape index (κ3) is 11.2. The fourth-order valence-corrected chi connectivity index (χ4v) is 13.4. The molecule has 15 heterocycles. The first-order chi connectivity index (χ1) is 47.2. The lowest BCUT2D eigenvalue weighted by Gasteiger charge is -2.55. The predicted molar refractivity (Wildman–Crippen MR) is 347 cm³/mol. The van der Waals surface area contributed by atoms with Gasteiger partial charge in [0.2, 0.25) is 0 Å². The lowest BCUT2D eigenvalue weighted by molar-refractivity contribution is -0.183. The van der Waals surface area contributed by atoms with Gasteiger partial charge in [-0.3, -0.25) is 43.0 Å². The van der Waals surface area contributed by atoms with Crippen molar-refractivity contribution in [3.63, 3.8) is 0 Å². The summed E-state index contributed by atoms with van der Waals surface area (Å²) in [4.78, 5) is 17.8. The molecule has 0 bridgehead atoms. The number of anilines is 3. The molecule has 13 aromatic rings. The van der Waals surface area contributed by atoms with E-state index >= 15 is 0 Å². The molecule has 7 N–H and O–H groups in total. The molecule has 1 aliphatic carbocycles. The first-order valence-corrected chi connectivity index (χ1v) is 30.8. The van der Waals surface area contributed by atoms with Crippen LogP contribution in [0.2, 0.25) is 0 Å². The molecule has 0 unspecified atom stereocenters. The van der Waals surface area contributed by atoms with Gasteiger partial charge in [-0.2, -0.15) is 85.2 Å². The van der Waals surface area contributed by atoms with Crippen molar-refractivity contribution >= 4 is 34.0 Å². The third-order valence-electron chi connectivity index (χ3n) is 18.5. The van der Waals surface area contributed by atoms with E-state index in [1.54, 1.807) is 108 Å². The second-order valence-electron chi connectivity index (χ2n) is 24.9. The Morgan fingerprint density at radius 3 is 1.35 bits per heavy atom. The van der Waals surface area contributed by atoms with Crippen LogP contribution >= 0.6 is 0 Å². The number of hydrogen-bond donors (Lipinski definition) is 4. The van der Waals surface area contributed by atoms with Gasteiger partial charge in [-0.15, -0.1) is 0 Å². The molecule has 2 atom stereocenters. The monoisotopic (exact) mass is 1320 g/mol. The number of rotatable bonds is 15. The van der Waals surface area contributed by atoms with Crippen LogP contribution in [0.3, 0.4) is 0 Å². The molecule has 32 nitrogen and oxygen atoms in total. The highest BCUT2D eigenvalue weighted by Gasteiger charge is 2.55. The molecule has 494 valence electrons. The molecule has 35 heteroatoms. The summed E-state index contributed by atoms with van der Waals surface area (Å²) in [5.41, 5.74) is 28.9. The molecule has 0 radical (unpaired) electrons. The fraction of sp³-hybridized carbons (Fsp3) is 0.317. The van der Waals surface area contributed by atoms with Crippen LogP contribution in [0.4, 0.5) is 30.6 Å². The van der Waals surface area contributed by atoms with Crippen LogP contribution < -0.4 is 17.2 Å². The number of hydrogen-bond acceptors (Lipinski definition) is 22. The molecule has 3 fully saturated rings. The van der Waals surface area contributed by atoms with Crippen LogP contribution in [-0.4, -0.2) is 167 Å². The molecule has 0 spiro atoms. The Morgan fingerprint density at radius 2 is 0.959 bits per heavy atom. The summed E-state index contributed by atoms with van der Waals surface area (Å²) in [6, 6.07) is 15.8. The van der Waals surface area contributed by atoms with Crippen molar-refractivity contribution in [1.82, 2.24) is 122 Å². The number of alkyl halides is 3. The molecule has 3 aliphatic rings. The lowest BCUT2D eigenvalue weighted by Crippen LogP contribution is -2.70. The molecule has 2 saturated heterocycles. The van der Waals surface area contributed by atoms with Gasteiger partial charge in [0.15, 0.2) is 17.5 Å². The molecule has 13 aromatic heterocycles. The number of nitriles is 4. The number of H-pyrrole nitrogens is 1. The first-order valence-electron chi connectivity index (χ1n) is 30.8. The van der Waals surface area contributed by atoms with Crippen LogP contribution in [0, 0.1) is 45.3 Å². The Kier molecular flexibility index (Phi) is 15.6. The zero-order chi connectivity index (χ0) is 68.4. The Bertz CT molecular complexity index is 5290. The summed E-state index contributed by atoms with van der Waals surface area (Å²) in [5.74, 6) is 1.17. The summed E-state index contributed by atoms with van der Waals surface area (Å²) in [6.45, 7) is 2.12. The van der Waals surface area contributed by atoms with Gasteiger partial charge in [0.1, 0.15) is 28.2 Å². The zero-order valence-electron chi connectivity index (χ0n) is 53.2. The van der Waals surface area contributed by atoms with Crippen molar-refractivity contribution in [2.75, 3.05) is 49.9 Å². The van der Waals surface area contributed by atoms with Crippen LogP contribution in [0.5, 0.6) is 0 Å². The maximum absolute atomic E-state index is 13.0. The van der Waals surface area contributed by atoms with Gasteiger partial charge >= 0.3 is 6.18 Å². The Balaban J connectivity index is 0.000000126. The molecular formula is C63H61F3N32. The summed E-state index contributed by atoms with van der Waals surface area (Å²) < 4.78 is 54.3. The zero-order valence-corrected chi connectivity index (χ0v) is 53.2. The van der Waals surface area contributed by atoms with Gasteiger partial charge in [-0.1, -0.05) is 0 Å². The SMILES string of the molecule is C[C@H]1N(CC(F)(F)F)C[C@]1(CC#N)n1cc(-c2nc(-c3cnn(C)c3)cn3nccc23)c(N)n1.Cn1cc(-c2cn3nccc3c(-c3cn(C4(CC#N)CC(c5ccn[nH]5)C4)nc3N)n2)cn1.Cn1cc(-c2cn3nccc3c(-c3cn(C4(CC#N)CN(CC#N)C4)nc3N)n2)cn1. The minimum Gasteiger partial charge on any atom is -0.382 e. The number of likely N-dealkylation sites (tertiary alicyclic amines) is 2. The molecule has 0 amide bonds. The average Bonchev–Trinajstić information content (AvgIpc) is 1.36. The maximum atomic E-state index is 13.0. The van der Waals surface area contributed by atoms with E-state index in [2.05, 4.69) is 80.4 Å². The van der Waals surface area contributed by atoms with Crippen LogP contribution in [0.1, 0.15) is 50.6 Å². The second kappa shape index (κ2) is 24.3. The number of fused-ring (bicyclic) bond motifs is 3. The van der Waals surface area contributed by atoms with E-state index in [0.29, 0.717) is 94.3 Å². The lowest BCUT2D eigenvalue weighted by atomic mass is 9.65. The van der Waals surface area contributed by atoms with Crippen molar-refractivity contribution < 1.29 is 13.2 Å². The largest absolute Gasteiger partial charge is 0.401 e. The Hall–Kier alpha value is -12.6. The van der Waals surface area contributed by atoms with E-state index in [1.165, 1.54) is 9.58 Å². The van der Waals surface area contributed by atoms with Gasteiger partial charge in [0, 0.05) is 118 Å². The summed E-state index contributed by atoms with van der Waals surface area (Å²) in [7, 11) is 5.51. The van der Waals surface area contributed by atoms with E-state index in [0.717, 1.165) is 52.0 Å². The molecule has 1 saturated carbocycles. The van der Waals surface area contributed by atoms with E-state index in [4.69, 9.17) is 37.4 Å². The molecule has 16 rings (SSSR count). The normalized spacial score (nSPS) is 18.9. The smallest absolute Gasteiger partial charge is 0.382 e. The number of aromatic nitrogens is 23. The number of nitrogen functional groups attached to an aromatic ring is 3. The van der Waals surface area contributed by atoms with E-state index in [-0.39, 0.29) is 25.2 Å². The van der Waals surface area contributed by atoms with Gasteiger partial charge in [0.25, 0.3) is 0 Å². The average molecular weight is 1320 g/mol. The van der Waals surface area contributed by atoms with Gasteiger partial charge in [-0.25, -0.2) is 28.5 Å². The molecule has 0 aromatic carbocycles. The molecular weight excluding hydrogens is 1260 g/mol. The fourth-order valence-electron chi connectivity index (χ4n) is 13.4. The second-order valence-corrected chi connectivity index (χ2v) is 24.9. The predicted octanol–water partition coefficient (Wildman–Crippen LogP) is 5.96. The molecule has 2 aliphatic heterocycles. The van der Waals surface area contributed by atoms with Crippen molar-refractivity contribution in [2.24, 2.45) is 21.1 Å². The van der Waals surface area contributed by atoms with Gasteiger partial charge in [0.05, 0.1) is 168 Å². The highest BCUT2D eigenvalue weighted by atomic mass is 19.4. The quantitative estimate of drug-likeness (QED) is 0.0860. The van der Waals surface area contributed by atoms with Crippen LogP contribution in [0.25, 0.3) is 84.1 Å². The van der Waals surface area contributed by atoms with Crippen LogP contribution in [-0.2, 0) is 37.8 Å².